The lowest BCUT2D eigenvalue weighted by Gasteiger charge is -2.33. The molecular formula is C33H30Br2. The van der Waals surface area contributed by atoms with Gasteiger partial charge in [0.2, 0.25) is 0 Å². The van der Waals surface area contributed by atoms with Crippen LogP contribution in [0.3, 0.4) is 0 Å². The molecule has 0 atom stereocenters. The van der Waals surface area contributed by atoms with Crippen LogP contribution in [-0.2, 0) is 16.2 Å². The third kappa shape index (κ3) is 3.22. The quantitative estimate of drug-likeness (QED) is 0.166. The second kappa shape index (κ2) is 7.43. The summed E-state index contributed by atoms with van der Waals surface area (Å²) < 4.78 is 2.24. The largest absolute Gasteiger partial charge is 0.0726 e. The van der Waals surface area contributed by atoms with Crippen LogP contribution in [0.2, 0.25) is 0 Å². The highest BCUT2D eigenvalue weighted by Gasteiger charge is 2.52. The fourth-order valence-electron chi connectivity index (χ4n) is 6.11. The highest BCUT2D eigenvalue weighted by atomic mass is 79.9. The van der Waals surface area contributed by atoms with Crippen molar-refractivity contribution < 1.29 is 0 Å². The first-order valence-corrected chi connectivity index (χ1v) is 13.9. The molecular weight excluding hydrogens is 556 g/mol. The zero-order valence-electron chi connectivity index (χ0n) is 21.2. The van der Waals surface area contributed by atoms with Crippen LogP contribution >= 0.6 is 31.9 Å². The molecule has 4 aromatic carbocycles. The molecule has 0 aliphatic heterocycles. The van der Waals surface area contributed by atoms with Crippen molar-refractivity contribution in [2.24, 2.45) is 0 Å². The van der Waals surface area contributed by atoms with Crippen LogP contribution in [0.1, 0.15) is 74.9 Å². The molecule has 0 saturated carbocycles. The van der Waals surface area contributed by atoms with E-state index in [1.807, 2.05) is 0 Å². The van der Waals surface area contributed by atoms with Crippen LogP contribution in [0.5, 0.6) is 0 Å². The number of hydrogen-bond donors (Lipinski definition) is 0. The van der Waals surface area contributed by atoms with Crippen LogP contribution in [0.15, 0.2) is 81.7 Å². The van der Waals surface area contributed by atoms with E-state index in [2.05, 4.69) is 146 Å². The van der Waals surface area contributed by atoms with Gasteiger partial charge in [0, 0.05) is 8.95 Å². The molecule has 0 fully saturated rings. The lowest BCUT2D eigenvalue weighted by atomic mass is 9.69. The second-order valence-corrected chi connectivity index (χ2v) is 14.0. The summed E-state index contributed by atoms with van der Waals surface area (Å²) in [4.78, 5) is 0. The van der Waals surface area contributed by atoms with Gasteiger partial charge in [0.1, 0.15) is 0 Å². The molecule has 6 rings (SSSR count). The molecule has 0 bridgehead atoms. The van der Waals surface area contributed by atoms with Crippen molar-refractivity contribution in [1.29, 1.82) is 0 Å². The van der Waals surface area contributed by atoms with Crippen LogP contribution in [0, 0.1) is 0 Å². The summed E-state index contributed by atoms with van der Waals surface area (Å²) in [6.45, 7) is 13.9. The van der Waals surface area contributed by atoms with E-state index in [1.54, 1.807) is 0 Å². The Morgan fingerprint density at radius 2 is 0.771 bits per heavy atom. The Hall–Kier alpha value is -2.16. The molecule has 2 aliphatic rings. The molecule has 4 aromatic rings. The van der Waals surface area contributed by atoms with Crippen molar-refractivity contribution in [2.45, 2.75) is 57.8 Å². The summed E-state index contributed by atoms with van der Waals surface area (Å²) in [7, 11) is 0. The molecule has 0 heterocycles. The number of rotatable bonds is 0. The third-order valence-electron chi connectivity index (χ3n) is 7.93. The zero-order chi connectivity index (χ0) is 24.9. The Balaban J connectivity index is 1.83. The van der Waals surface area contributed by atoms with Crippen LogP contribution in [0.4, 0.5) is 0 Å². The van der Waals surface area contributed by atoms with Crippen molar-refractivity contribution in [3.8, 4) is 22.3 Å². The SMILES string of the molecule is CC(C)(C)c1ccc2c(c1)C1(c3cc(Br)ccc3-c3ccc(Br)cc31)c1cc(C(C)(C)C)ccc1-2. The minimum Gasteiger partial charge on any atom is -0.0579 e. The molecule has 0 nitrogen and oxygen atoms in total. The molecule has 0 aromatic heterocycles. The minimum absolute atomic E-state index is 0.0698. The van der Waals surface area contributed by atoms with Gasteiger partial charge in [-0.25, -0.2) is 0 Å². The first kappa shape index (κ1) is 23.3. The topological polar surface area (TPSA) is 0 Å². The Morgan fingerprint density at radius 3 is 1.11 bits per heavy atom. The monoisotopic (exact) mass is 584 g/mol. The van der Waals surface area contributed by atoms with E-state index in [0.717, 1.165) is 8.95 Å². The van der Waals surface area contributed by atoms with Crippen molar-refractivity contribution in [1.82, 2.24) is 0 Å². The maximum absolute atomic E-state index is 3.82. The molecule has 0 saturated heterocycles. The summed E-state index contributed by atoms with van der Waals surface area (Å²) in [6, 6.07) is 28.0. The summed E-state index contributed by atoms with van der Waals surface area (Å²) in [6.07, 6.45) is 0. The summed E-state index contributed by atoms with van der Waals surface area (Å²) in [5.41, 5.74) is 13.5. The van der Waals surface area contributed by atoms with Gasteiger partial charge < -0.3 is 0 Å². The Labute approximate surface area is 226 Å². The van der Waals surface area contributed by atoms with Crippen LogP contribution in [0.25, 0.3) is 22.3 Å². The fraction of sp³-hybridized carbons (Fsp3) is 0.273. The van der Waals surface area contributed by atoms with E-state index in [1.165, 1.54) is 55.6 Å². The van der Waals surface area contributed by atoms with Gasteiger partial charge in [-0.3, -0.25) is 0 Å². The normalized spacial score (nSPS) is 15.1. The third-order valence-corrected chi connectivity index (χ3v) is 8.92. The zero-order valence-corrected chi connectivity index (χ0v) is 24.4. The second-order valence-electron chi connectivity index (χ2n) is 12.2. The fourth-order valence-corrected chi connectivity index (χ4v) is 6.83. The number of hydrogen-bond acceptors (Lipinski definition) is 0. The highest BCUT2D eigenvalue weighted by Crippen LogP contribution is 2.64. The first-order valence-electron chi connectivity index (χ1n) is 12.3. The van der Waals surface area contributed by atoms with Crippen molar-refractivity contribution in [3.63, 3.8) is 0 Å². The average Bonchev–Trinajstić information content (AvgIpc) is 3.23. The van der Waals surface area contributed by atoms with E-state index in [9.17, 15) is 0 Å². The average molecular weight is 586 g/mol. The minimum atomic E-state index is -0.342. The van der Waals surface area contributed by atoms with Crippen LogP contribution in [-0.4, -0.2) is 0 Å². The van der Waals surface area contributed by atoms with Gasteiger partial charge in [-0.2, -0.15) is 0 Å². The lowest BCUT2D eigenvalue weighted by Crippen LogP contribution is -2.27. The van der Waals surface area contributed by atoms with E-state index >= 15 is 0 Å². The van der Waals surface area contributed by atoms with Gasteiger partial charge in [-0.1, -0.05) is 122 Å². The molecule has 0 N–H and O–H groups in total. The molecule has 0 unspecified atom stereocenters. The number of halogens is 2. The van der Waals surface area contributed by atoms with Gasteiger partial charge in [0.25, 0.3) is 0 Å². The van der Waals surface area contributed by atoms with Crippen molar-refractivity contribution >= 4 is 31.9 Å². The Bertz CT molecular complexity index is 1410. The van der Waals surface area contributed by atoms with Gasteiger partial charge in [0.15, 0.2) is 0 Å². The summed E-state index contributed by atoms with van der Waals surface area (Å²) in [5, 5.41) is 0. The molecule has 35 heavy (non-hydrogen) atoms. The van der Waals surface area contributed by atoms with Crippen LogP contribution < -0.4 is 0 Å². The van der Waals surface area contributed by atoms with Crippen molar-refractivity contribution in [3.05, 3.63) is 115 Å². The molecule has 176 valence electrons. The maximum Gasteiger partial charge on any atom is 0.0726 e. The van der Waals surface area contributed by atoms with Crippen molar-refractivity contribution in [2.75, 3.05) is 0 Å². The van der Waals surface area contributed by atoms with E-state index < -0.39 is 0 Å². The predicted octanol–water partition coefficient (Wildman–Crippen LogP) is 10.2. The Morgan fingerprint density at radius 1 is 0.457 bits per heavy atom. The smallest absolute Gasteiger partial charge is 0.0579 e. The molecule has 2 aliphatic carbocycles. The molecule has 1 spiro atoms. The maximum atomic E-state index is 3.82. The van der Waals surface area contributed by atoms with E-state index in [-0.39, 0.29) is 16.2 Å². The molecule has 2 heteroatoms. The van der Waals surface area contributed by atoms with Gasteiger partial charge >= 0.3 is 0 Å². The lowest BCUT2D eigenvalue weighted by molar-refractivity contribution is 0.586. The molecule has 0 radical (unpaired) electrons. The van der Waals surface area contributed by atoms with E-state index in [4.69, 9.17) is 0 Å². The number of fused-ring (bicyclic) bond motifs is 10. The first-order chi connectivity index (χ1) is 16.4. The number of benzene rings is 4. The summed E-state index contributed by atoms with van der Waals surface area (Å²) in [5.74, 6) is 0. The van der Waals surface area contributed by atoms with Gasteiger partial charge in [-0.05, 0) is 90.7 Å². The standard InChI is InChI=1S/C33H30Br2/c1-31(2,3)19-7-11-23-24-12-8-20(32(4,5)6)16-28(24)33(27(23)15-19)29-17-21(34)9-13-25(29)26-14-10-22(35)18-30(26)33/h7-18H,1-6H3. The predicted molar refractivity (Wildman–Crippen MR) is 156 cm³/mol. The Kier molecular flexibility index (Phi) is 4.94. The summed E-state index contributed by atoms with van der Waals surface area (Å²) >= 11 is 7.64. The highest BCUT2D eigenvalue weighted by molar-refractivity contribution is 9.10. The van der Waals surface area contributed by atoms with Gasteiger partial charge in [0.05, 0.1) is 5.41 Å². The van der Waals surface area contributed by atoms with E-state index in [0.29, 0.717) is 0 Å². The van der Waals surface area contributed by atoms with Gasteiger partial charge in [-0.15, -0.1) is 0 Å². The molecule has 0 amide bonds.